The number of carboxylic acids is 1. The second-order valence-electron chi connectivity index (χ2n) is 4.38. The molecule has 0 radical (unpaired) electrons. The Morgan fingerprint density at radius 3 is 2.55 bits per heavy atom. The highest BCUT2D eigenvalue weighted by Gasteiger charge is 2.11. The number of pyridine rings is 1. The molecule has 0 unspecified atom stereocenters. The van der Waals surface area contributed by atoms with Crippen LogP contribution in [-0.2, 0) is 13.0 Å². The lowest BCUT2D eigenvalue weighted by molar-refractivity contribution is 0.0697. The number of halogens is 1. The number of anilines is 1. The first-order valence-corrected chi connectivity index (χ1v) is 7.10. The van der Waals surface area contributed by atoms with E-state index in [0.717, 1.165) is 12.0 Å². The molecular formula is C15H15BrN2O2. The number of aryl methyl sites for hydroxylation is 1. The third kappa shape index (κ3) is 3.57. The normalized spacial score (nSPS) is 10.3. The first-order chi connectivity index (χ1) is 9.60. The van der Waals surface area contributed by atoms with Crippen molar-refractivity contribution in [2.24, 2.45) is 0 Å². The Labute approximate surface area is 126 Å². The van der Waals surface area contributed by atoms with Crippen LogP contribution in [0, 0.1) is 0 Å². The molecule has 1 aromatic heterocycles. The van der Waals surface area contributed by atoms with Crippen LogP contribution in [-0.4, -0.2) is 16.1 Å². The monoisotopic (exact) mass is 334 g/mol. The quantitative estimate of drug-likeness (QED) is 0.874. The zero-order valence-electron chi connectivity index (χ0n) is 11.1. The second kappa shape index (κ2) is 6.52. The van der Waals surface area contributed by atoms with Crippen LogP contribution < -0.4 is 5.32 Å². The van der Waals surface area contributed by atoms with Crippen LogP contribution in [0.4, 0.5) is 5.82 Å². The number of hydrogen-bond donors (Lipinski definition) is 2. The summed E-state index contributed by atoms with van der Waals surface area (Å²) in [6.45, 7) is 2.65. The predicted molar refractivity (Wildman–Crippen MR) is 82.0 cm³/mol. The van der Waals surface area contributed by atoms with E-state index in [2.05, 4.69) is 45.3 Å². The van der Waals surface area contributed by atoms with E-state index in [1.807, 2.05) is 12.1 Å². The molecule has 0 spiro atoms. The van der Waals surface area contributed by atoms with Crippen molar-refractivity contribution in [2.45, 2.75) is 19.9 Å². The van der Waals surface area contributed by atoms with Crippen LogP contribution in [0.3, 0.4) is 0 Å². The van der Waals surface area contributed by atoms with E-state index < -0.39 is 5.97 Å². The van der Waals surface area contributed by atoms with Crippen molar-refractivity contribution in [1.82, 2.24) is 4.98 Å². The summed E-state index contributed by atoms with van der Waals surface area (Å²) >= 11 is 3.22. The van der Waals surface area contributed by atoms with Crippen LogP contribution in [0.2, 0.25) is 0 Å². The number of nitrogens with one attached hydrogen (secondary N) is 1. The molecule has 0 aliphatic rings. The molecule has 4 nitrogen and oxygen atoms in total. The van der Waals surface area contributed by atoms with Gasteiger partial charge < -0.3 is 10.4 Å². The van der Waals surface area contributed by atoms with Gasteiger partial charge in [-0.15, -0.1) is 0 Å². The summed E-state index contributed by atoms with van der Waals surface area (Å²) in [7, 11) is 0. The van der Waals surface area contributed by atoms with Crippen molar-refractivity contribution in [2.75, 3.05) is 5.32 Å². The highest BCUT2D eigenvalue weighted by atomic mass is 79.9. The highest BCUT2D eigenvalue weighted by molar-refractivity contribution is 9.10. The van der Waals surface area contributed by atoms with Crippen molar-refractivity contribution in [3.05, 3.63) is 57.7 Å². The highest BCUT2D eigenvalue weighted by Crippen LogP contribution is 2.19. The number of rotatable bonds is 5. The van der Waals surface area contributed by atoms with E-state index in [1.165, 1.54) is 11.6 Å². The van der Waals surface area contributed by atoms with Gasteiger partial charge in [-0.2, -0.15) is 0 Å². The second-order valence-corrected chi connectivity index (χ2v) is 5.29. The third-order valence-corrected chi connectivity index (χ3v) is 3.41. The van der Waals surface area contributed by atoms with Gasteiger partial charge in [0.05, 0.1) is 0 Å². The molecule has 2 aromatic rings. The fourth-order valence-electron chi connectivity index (χ4n) is 1.82. The van der Waals surface area contributed by atoms with E-state index in [9.17, 15) is 4.79 Å². The molecule has 1 aromatic carbocycles. The van der Waals surface area contributed by atoms with Gasteiger partial charge >= 0.3 is 5.97 Å². The zero-order valence-corrected chi connectivity index (χ0v) is 12.6. The molecule has 104 valence electrons. The first kappa shape index (κ1) is 14.5. The molecule has 0 fully saturated rings. The molecular weight excluding hydrogens is 320 g/mol. The Morgan fingerprint density at radius 2 is 1.95 bits per heavy atom. The number of aromatic nitrogens is 1. The fraction of sp³-hybridized carbons (Fsp3) is 0.200. The molecule has 2 rings (SSSR count). The third-order valence-electron chi connectivity index (χ3n) is 2.98. The number of hydrogen-bond acceptors (Lipinski definition) is 3. The SMILES string of the molecule is CCc1ccc(CNc2ncc(Br)cc2C(=O)O)cc1. The Balaban J connectivity index is 2.12. The molecule has 0 aliphatic heterocycles. The van der Waals surface area contributed by atoms with E-state index in [4.69, 9.17) is 5.11 Å². The van der Waals surface area contributed by atoms with Crippen LogP contribution in [0.25, 0.3) is 0 Å². The van der Waals surface area contributed by atoms with E-state index in [0.29, 0.717) is 16.8 Å². The van der Waals surface area contributed by atoms with Gasteiger partial charge in [-0.05, 0) is 39.5 Å². The summed E-state index contributed by atoms with van der Waals surface area (Å²) in [6.07, 6.45) is 2.58. The topological polar surface area (TPSA) is 62.2 Å². The molecule has 0 aliphatic carbocycles. The number of carbonyl (C=O) groups is 1. The standard InChI is InChI=1S/C15H15BrN2O2/c1-2-10-3-5-11(6-4-10)8-17-14-13(15(19)20)7-12(16)9-18-14/h3-7,9H,2,8H2,1H3,(H,17,18)(H,19,20). The molecule has 20 heavy (non-hydrogen) atoms. The van der Waals surface area contributed by atoms with Crippen LogP contribution >= 0.6 is 15.9 Å². The predicted octanol–water partition coefficient (Wildman–Crippen LogP) is 3.72. The minimum Gasteiger partial charge on any atom is -0.478 e. The lowest BCUT2D eigenvalue weighted by Gasteiger charge is -2.09. The average Bonchev–Trinajstić information content (AvgIpc) is 2.46. The Morgan fingerprint density at radius 1 is 1.30 bits per heavy atom. The molecule has 0 atom stereocenters. The Hall–Kier alpha value is -1.88. The summed E-state index contributed by atoms with van der Waals surface area (Å²) in [5.41, 5.74) is 2.52. The smallest absolute Gasteiger partial charge is 0.339 e. The van der Waals surface area contributed by atoms with Gasteiger partial charge in [0.25, 0.3) is 0 Å². The van der Waals surface area contributed by atoms with Gasteiger partial charge in [0.1, 0.15) is 11.4 Å². The number of benzene rings is 1. The first-order valence-electron chi connectivity index (χ1n) is 6.30. The van der Waals surface area contributed by atoms with Crippen LogP contribution in [0.1, 0.15) is 28.4 Å². The van der Waals surface area contributed by atoms with Crippen molar-refractivity contribution < 1.29 is 9.90 Å². The van der Waals surface area contributed by atoms with E-state index in [-0.39, 0.29) is 5.56 Å². The van der Waals surface area contributed by atoms with Gasteiger partial charge in [-0.25, -0.2) is 9.78 Å². The number of aromatic carboxylic acids is 1. The fourth-order valence-corrected chi connectivity index (χ4v) is 2.15. The summed E-state index contributed by atoms with van der Waals surface area (Å²) in [4.78, 5) is 15.3. The van der Waals surface area contributed by atoms with Gasteiger partial charge in [0.15, 0.2) is 0 Å². The van der Waals surface area contributed by atoms with Crippen LogP contribution in [0.15, 0.2) is 41.0 Å². The maximum atomic E-state index is 11.2. The lowest BCUT2D eigenvalue weighted by Crippen LogP contribution is -2.08. The van der Waals surface area contributed by atoms with E-state index >= 15 is 0 Å². The maximum Gasteiger partial charge on any atom is 0.339 e. The summed E-state index contributed by atoms with van der Waals surface area (Å²) in [5.74, 6) is -0.622. The maximum absolute atomic E-state index is 11.2. The van der Waals surface area contributed by atoms with Crippen LogP contribution in [0.5, 0.6) is 0 Å². The molecule has 5 heteroatoms. The molecule has 0 amide bonds. The number of nitrogens with zero attached hydrogens (tertiary/aromatic N) is 1. The molecule has 0 saturated heterocycles. The number of carboxylic acid groups (broad SMARTS) is 1. The van der Waals surface area contributed by atoms with Crippen molar-refractivity contribution in [3.8, 4) is 0 Å². The van der Waals surface area contributed by atoms with Gasteiger partial charge in [0.2, 0.25) is 0 Å². The molecule has 2 N–H and O–H groups in total. The lowest BCUT2D eigenvalue weighted by atomic mass is 10.1. The zero-order chi connectivity index (χ0) is 14.5. The van der Waals surface area contributed by atoms with Gasteiger partial charge in [-0.3, -0.25) is 0 Å². The average molecular weight is 335 g/mol. The summed E-state index contributed by atoms with van der Waals surface area (Å²) in [6, 6.07) is 9.75. The minimum absolute atomic E-state index is 0.157. The molecule has 1 heterocycles. The van der Waals surface area contributed by atoms with Crippen molar-refractivity contribution in [3.63, 3.8) is 0 Å². The van der Waals surface area contributed by atoms with Gasteiger partial charge in [-0.1, -0.05) is 31.2 Å². The van der Waals surface area contributed by atoms with Gasteiger partial charge in [0, 0.05) is 17.2 Å². The summed E-state index contributed by atoms with van der Waals surface area (Å²) < 4.78 is 0.646. The Kier molecular flexibility index (Phi) is 4.74. The minimum atomic E-state index is -0.998. The largest absolute Gasteiger partial charge is 0.478 e. The van der Waals surface area contributed by atoms with Crippen molar-refractivity contribution >= 4 is 27.7 Å². The molecule has 0 saturated carbocycles. The van der Waals surface area contributed by atoms with E-state index in [1.54, 1.807) is 6.20 Å². The Bertz CT molecular complexity index is 612. The molecule has 0 bridgehead atoms. The summed E-state index contributed by atoms with van der Waals surface area (Å²) in [5, 5.41) is 12.2. The van der Waals surface area contributed by atoms with Crippen molar-refractivity contribution in [1.29, 1.82) is 0 Å².